The molecule has 2 aromatic rings. The van der Waals surface area contributed by atoms with Crippen molar-refractivity contribution in [2.75, 3.05) is 22.9 Å². The van der Waals surface area contributed by atoms with E-state index in [0.717, 1.165) is 0 Å². The summed E-state index contributed by atoms with van der Waals surface area (Å²) in [6.07, 6.45) is 0. The average Bonchev–Trinajstić information content (AvgIpc) is 2.23. The molecule has 0 atom stereocenters. The monoisotopic (exact) mass is 216 g/mol. The van der Waals surface area contributed by atoms with Crippen LogP contribution in [0.4, 0.5) is 22.7 Å². The smallest absolute Gasteiger partial charge is 0.0547 e. The molecule has 4 heteroatoms. The van der Waals surface area contributed by atoms with E-state index in [1.807, 2.05) is 18.2 Å². The summed E-state index contributed by atoms with van der Waals surface area (Å²) in [4.78, 5) is 0. The lowest BCUT2D eigenvalue weighted by Gasteiger charge is -1.94. The second-order valence-electron chi connectivity index (χ2n) is 3.30. The van der Waals surface area contributed by atoms with Gasteiger partial charge in [0.15, 0.2) is 0 Å². The molecule has 4 nitrogen and oxygen atoms in total. The van der Waals surface area contributed by atoms with E-state index in [1.165, 1.54) is 0 Å². The highest BCUT2D eigenvalue weighted by Gasteiger charge is 1.85. The van der Waals surface area contributed by atoms with Gasteiger partial charge in [-0.1, -0.05) is 18.2 Å². The van der Waals surface area contributed by atoms with Crippen LogP contribution in [0.2, 0.25) is 0 Å². The third-order valence-corrected chi connectivity index (χ3v) is 1.91. The Morgan fingerprint density at radius 1 is 0.562 bits per heavy atom. The quantitative estimate of drug-likeness (QED) is 0.503. The molecule has 16 heavy (non-hydrogen) atoms. The van der Waals surface area contributed by atoms with E-state index in [-0.39, 0.29) is 0 Å². The number of hydrogen-bond donors (Lipinski definition) is 4. The molecule has 0 aromatic heterocycles. The van der Waals surface area contributed by atoms with Crippen LogP contribution in [-0.2, 0) is 0 Å². The second-order valence-corrected chi connectivity index (χ2v) is 3.30. The summed E-state index contributed by atoms with van der Waals surface area (Å²) < 4.78 is 0. The van der Waals surface area contributed by atoms with Crippen molar-refractivity contribution in [3.63, 3.8) is 0 Å². The van der Waals surface area contributed by atoms with Crippen LogP contribution in [-0.4, -0.2) is 0 Å². The number of hydrogen-bond acceptors (Lipinski definition) is 4. The van der Waals surface area contributed by atoms with Gasteiger partial charge in [-0.15, -0.1) is 0 Å². The van der Waals surface area contributed by atoms with Crippen molar-refractivity contribution >= 4 is 22.7 Å². The van der Waals surface area contributed by atoms with E-state index in [1.54, 1.807) is 30.3 Å². The van der Waals surface area contributed by atoms with Crippen LogP contribution in [0.25, 0.3) is 0 Å². The zero-order valence-corrected chi connectivity index (χ0v) is 8.93. The fraction of sp³-hybridized carbons (Fsp3) is 0. The molecule has 0 spiro atoms. The Morgan fingerprint density at radius 2 is 1.00 bits per heavy atom. The minimum absolute atomic E-state index is 0.646. The fourth-order valence-electron chi connectivity index (χ4n) is 1.07. The van der Waals surface area contributed by atoms with Gasteiger partial charge in [0, 0.05) is 11.4 Å². The van der Waals surface area contributed by atoms with Crippen LogP contribution in [0.5, 0.6) is 0 Å². The zero-order chi connectivity index (χ0) is 12.0. The summed E-state index contributed by atoms with van der Waals surface area (Å²) in [6.45, 7) is 0. The van der Waals surface area contributed by atoms with Crippen molar-refractivity contribution in [3.8, 4) is 0 Å². The Kier molecular flexibility index (Phi) is 4.03. The maximum Gasteiger partial charge on any atom is 0.0547 e. The van der Waals surface area contributed by atoms with E-state index in [4.69, 9.17) is 22.9 Å². The first-order valence-electron chi connectivity index (χ1n) is 4.80. The largest absolute Gasteiger partial charge is 0.399 e. The first-order valence-corrected chi connectivity index (χ1v) is 4.80. The Hall–Kier alpha value is -2.36. The predicted octanol–water partition coefficient (Wildman–Crippen LogP) is 1.70. The summed E-state index contributed by atoms with van der Waals surface area (Å²) in [5, 5.41) is 0. The molecular formula is C12H16N4. The molecule has 8 N–H and O–H groups in total. The van der Waals surface area contributed by atoms with Gasteiger partial charge in [-0.25, -0.2) is 0 Å². The highest BCUT2D eigenvalue weighted by molar-refractivity contribution is 5.62. The van der Waals surface area contributed by atoms with Crippen molar-refractivity contribution in [2.24, 2.45) is 0 Å². The molecule has 0 radical (unpaired) electrons. The Balaban J connectivity index is 0.000000160. The Bertz CT molecular complexity index is 416. The van der Waals surface area contributed by atoms with Crippen LogP contribution >= 0.6 is 0 Å². The molecule has 0 bridgehead atoms. The highest BCUT2D eigenvalue weighted by atomic mass is 14.7. The van der Waals surface area contributed by atoms with Crippen molar-refractivity contribution in [3.05, 3.63) is 48.5 Å². The third-order valence-electron chi connectivity index (χ3n) is 1.91. The van der Waals surface area contributed by atoms with E-state index in [0.29, 0.717) is 22.7 Å². The van der Waals surface area contributed by atoms with E-state index in [9.17, 15) is 0 Å². The number of anilines is 4. The molecule has 0 fully saturated rings. The van der Waals surface area contributed by atoms with Gasteiger partial charge in [0.25, 0.3) is 0 Å². The Labute approximate surface area is 94.9 Å². The molecule has 0 aliphatic rings. The minimum Gasteiger partial charge on any atom is -0.399 e. The standard InChI is InChI=1S/2C6H8N2/c7-5-2-1-3-6(8)4-5;7-5-3-1-2-4-6(5)8/h2*1-4H,7-8H2. The van der Waals surface area contributed by atoms with Crippen molar-refractivity contribution < 1.29 is 0 Å². The number of para-hydroxylation sites is 2. The molecular weight excluding hydrogens is 200 g/mol. The van der Waals surface area contributed by atoms with Gasteiger partial charge < -0.3 is 22.9 Å². The van der Waals surface area contributed by atoms with Gasteiger partial charge in [0.1, 0.15) is 0 Å². The molecule has 0 heterocycles. The molecule has 0 saturated carbocycles. The Morgan fingerprint density at radius 3 is 1.25 bits per heavy atom. The molecule has 0 aliphatic heterocycles. The fourth-order valence-corrected chi connectivity index (χ4v) is 1.07. The van der Waals surface area contributed by atoms with Crippen molar-refractivity contribution in [2.45, 2.75) is 0 Å². The lowest BCUT2D eigenvalue weighted by Crippen LogP contribution is -1.91. The average molecular weight is 216 g/mol. The SMILES string of the molecule is Nc1cccc(N)c1.Nc1ccccc1N. The van der Waals surface area contributed by atoms with Gasteiger partial charge in [0.2, 0.25) is 0 Å². The van der Waals surface area contributed by atoms with E-state index >= 15 is 0 Å². The van der Waals surface area contributed by atoms with Crippen molar-refractivity contribution in [1.82, 2.24) is 0 Å². The first kappa shape index (κ1) is 11.7. The summed E-state index contributed by atoms with van der Waals surface area (Å²) >= 11 is 0. The predicted molar refractivity (Wildman–Crippen MR) is 70.5 cm³/mol. The van der Waals surface area contributed by atoms with Crippen molar-refractivity contribution in [1.29, 1.82) is 0 Å². The third kappa shape index (κ3) is 3.79. The van der Waals surface area contributed by atoms with Crippen LogP contribution in [0.3, 0.4) is 0 Å². The second kappa shape index (κ2) is 5.50. The number of rotatable bonds is 0. The molecule has 2 aromatic carbocycles. The van der Waals surface area contributed by atoms with E-state index in [2.05, 4.69) is 0 Å². The van der Waals surface area contributed by atoms with Crippen LogP contribution in [0.15, 0.2) is 48.5 Å². The maximum atomic E-state index is 5.39. The van der Waals surface area contributed by atoms with Gasteiger partial charge in [-0.2, -0.15) is 0 Å². The zero-order valence-electron chi connectivity index (χ0n) is 8.93. The van der Waals surface area contributed by atoms with Crippen LogP contribution in [0, 0.1) is 0 Å². The van der Waals surface area contributed by atoms with Crippen LogP contribution < -0.4 is 22.9 Å². The summed E-state index contributed by atoms with van der Waals surface area (Å²) in [7, 11) is 0. The molecule has 0 amide bonds. The maximum absolute atomic E-state index is 5.39. The van der Waals surface area contributed by atoms with Gasteiger partial charge >= 0.3 is 0 Å². The van der Waals surface area contributed by atoms with Gasteiger partial charge in [-0.05, 0) is 30.3 Å². The normalized spacial score (nSPS) is 9.00. The summed E-state index contributed by atoms with van der Waals surface area (Å²) in [6, 6.07) is 14.4. The lowest BCUT2D eigenvalue weighted by atomic mass is 10.3. The molecule has 0 aliphatic carbocycles. The molecule has 0 saturated heterocycles. The molecule has 2 rings (SSSR count). The number of nitrogen functional groups attached to an aromatic ring is 4. The number of benzene rings is 2. The highest BCUT2D eigenvalue weighted by Crippen LogP contribution is 2.10. The van der Waals surface area contributed by atoms with E-state index < -0.39 is 0 Å². The van der Waals surface area contributed by atoms with Gasteiger partial charge in [0.05, 0.1) is 11.4 Å². The summed E-state index contributed by atoms with van der Waals surface area (Å²) in [5.74, 6) is 0. The number of nitrogens with two attached hydrogens (primary N) is 4. The minimum atomic E-state index is 0.646. The lowest BCUT2D eigenvalue weighted by molar-refractivity contribution is 1.67. The van der Waals surface area contributed by atoms with Gasteiger partial charge in [-0.3, -0.25) is 0 Å². The summed E-state index contributed by atoms with van der Waals surface area (Å²) in [5.41, 5.74) is 24.3. The first-order chi connectivity index (χ1) is 7.59. The molecule has 0 unspecified atom stereocenters. The topological polar surface area (TPSA) is 104 Å². The van der Waals surface area contributed by atoms with Crippen LogP contribution in [0.1, 0.15) is 0 Å². The molecule has 84 valence electrons.